The van der Waals surface area contributed by atoms with E-state index in [4.69, 9.17) is 28.6 Å². The number of thioether (sulfide) groups is 1. The Morgan fingerprint density at radius 2 is 1.97 bits per heavy atom. The zero-order valence-electron chi connectivity index (χ0n) is 16.7. The van der Waals surface area contributed by atoms with Crippen molar-refractivity contribution < 1.29 is 4.79 Å². The Kier molecular flexibility index (Phi) is 6.04. The number of fused-ring (bicyclic) bond motifs is 1. The van der Waals surface area contributed by atoms with Crippen molar-refractivity contribution in [3.05, 3.63) is 69.3 Å². The molecule has 4 aromatic rings. The van der Waals surface area contributed by atoms with E-state index in [-0.39, 0.29) is 17.1 Å². The maximum atomic E-state index is 12.5. The predicted octanol–water partition coefficient (Wildman–Crippen LogP) is 4.88. The van der Waals surface area contributed by atoms with E-state index in [0.717, 1.165) is 16.9 Å². The maximum absolute atomic E-state index is 12.5. The Balaban J connectivity index is 1.71. The van der Waals surface area contributed by atoms with Crippen molar-refractivity contribution in [2.24, 2.45) is 0 Å². The molecule has 1 amide bonds. The average Bonchev–Trinajstić information content (AvgIpc) is 3.11. The van der Waals surface area contributed by atoms with Crippen LogP contribution in [0.25, 0.3) is 16.7 Å². The molecule has 0 unspecified atom stereocenters. The molecule has 2 aromatic heterocycles. The van der Waals surface area contributed by atoms with Crippen LogP contribution in [0.1, 0.15) is 11.3 Å². The number of anilines is 1. The number of benzene rings is 2. The highest BCUT2D eigenvalue weighted by molar-refractivity contribution is 7.99. The van der Waals surface area contributed by atoms with Crippen molar-refractivity contribution in [2.75, 3.05) is 11.1 Å². The van der Waals surface area contributed by atoms with E-state index in [1.165, 1.54) is 11.8 Å². The van der Waals surface area contributed by atoms with Gasteiger partial charge in [-0.2, -0.15) is 5.10 Å². The van der Waals surface area contributed by atoms with Crippen LogP contribution in [-0.4, -0.2) is 31.4 Å². The van der Waals surface area contributed by atoms with Crippen molar-refractivity contribution in [3.63, 3.8) is 0 Å². The standard InChI is InChI=1S/C21H18Cl2N6OS/c1-11-9-13(7-8-14(11)22)29-19(24)18-12(2)27-28-20(18)26-21(29)31-10-17(30)25-16-6-4-3-5-15(16)23/h3-9,24H,10H2,1-2H3,(H,25,30)(H,27,28). The minimum atomic E-state index is -0.233. The molecule has 0 atom stereocenters. The summed E-state index contributed by atoms with van der Waals surface area (Å²) in [7, 11) is 0. The van der Waals surface area contributed by atoms with Gasteiger partial charge < -0.3 is 5.32 Å². The van der Waals surface area contributed by atoms with Gasteiger partial charge in [0.05, 0.1) is 21.8 Å². The van der Waals surface area contributed by atoms with Crippen molar-refractivity contribution >= 4 is 57.6 Å². The highest BCUT2D eigenvalue weighted by Gasteiger charge is 2.17. The molecule has 0 aliphatic carbocycles. The number of aromatic amines is 1. The highest BCUT2D eigenvalue weighted by atomic mass is 35.5. The molecule has 158 valence electrons. The third kappa shape index (κ3) is 4.32. The number of hydrogen-bond donors (Lipinski definition) is 3. The van der Waals surface area contributed by atoms with Gasteiger partial charge in [0.1, 0.15) is 5.49 Å². The van der Waals surface area contributed by atoms with Gasteiger partial charge in [-0.3, -0.25) is 19.9 Å². The van der Waals surface area contributed by atoms with E-state index in [1.54, 1.807) is 34.9 Å². The molecule has 0 bridgehead atoms. The van der Waals surface area contributed by atoms with Crippen LogP contribution in [0.4, 0.5) is 5.69 Å². The lowest BCUT2D eigenvalue weighted by Gasteiger charge is -2.14. The summed E-state index contributed by atoms with van der Waals surface area (Å²) in [5, 5.41) is 20.9. The van der Waals surface area contributed by atoms with E-state index in [9.17, 15) is 4.79 Å². The van der Waals surface area contributed by atoms with Gasteiger partial charge in [-0.15, -0.1) is 0 Å². The topological polar surface area (TPSA) is 99.4 Å². The Morgan fingerprint density at radius 1 is 1.19 bits per heavy atom. The van der Waals surface area contributed by atoms with Gasteiger partial charge in [0, 0.05) is 16.4 Å². The van der Waals surface area contributed by atoms with Gasteiger partial charge >= 0.3 is 0 Å². The van der Waals surface area contributed by atoms with E-state index < -0.39 is 0 Å². The molecule has 0 aliphatic heterocycles. The first-order valence-corrected chi connectivity index (χ1v) is 11.1. The van der Waals surface area contributed by atoms with Gasteiger partial charge in [-0.1, -0.05) is 47.1 Å². The van der Waals surface area contributed by atoms with Crippen molar-refractivity contribution in [1.29, 1.82) is 5.41 Å². The van der Waals surface area contributed by atoms with Gasteiger partial charge in [0.2, 0.25) is 5.91 Å². The summed E-state index contributed by atoms with van der Waals surface area (Å²) >= 11 is 13.5. The lowest BCUT2D eigenvalue weighted by molar-refractivity contribution is -0.113. The first-order chi connectivity index (χ1) is 14.8. The summed E-state index contributed by atoms with van der Waals surface area (Å²) in [5.41, 5.74) is 3.56. The number of nitrogens with zero attached hydrogens (tertiary/aromatic N) is 3. The summed E-state index contributed by atoms with van der Waals surface area (Å²) in [6.45, 7) is 3.74. The number of carbonyl (C=O) groups is 1. The fourth-order valence-corrected chi connectivity index (χ4v) is 4.22. The van der Waals surface area contributed by atoms with Crippen molar-refractivity contribution in [1.82, 2.24) is 19.7 Å². The molecule has 4 rings (SSSR count). The number of carbonyl (C=O) groups excluding carboxylic acids is 1. The first-order valence-electron chi connectivity index (χ1n) is 9.31. The molecule has 0 saturated heterocycles. The van der Waals surface area contributed by atoms with Crippen molar-refractivity contribution in [2.45, 2.75) is 19.0 Å². The van der Waals surface area contributed by atoms with Crippen LogP contribution in [-0.2, 0) is 4.79 Å². The minimum absolute atomic E-state index is 0.0825. The number of para-hydroxylation sites is 1. The number of amides is 1. The van der Waals surface area contributed by atoms with Crippen LogP contribution in [0.2, 0.25) is 10.0 Å². The second-order valence-corrected chi connectivity index (χ2v) is 8.63. The minimum Gasteiger partial charge on any atom is -0.324 e. The molecule has 0 aliphatic rings. The van der Waals surface area contributed by atoms with Gasteiger partial charge in [0.15, 0.2) is 10.8 Å². The van der Waals surface area contributed by atoms with E-state index in [1.807, 2.05) is 26.0 Å². The zero-order chi connectivity index (χ0) is 22.1. The summed E-state index contributed by atoms with van der Waals surface area (Å²) < 4.78 is 1.70. The number of H-pyrrole nitrogens is 1. The number of aryl methyl sites for hydroxylation is 2. The highest BCUT2D eigenvalue weighted by Crippen LogP contribution is 2.25. The van der Waals surface area contributed by atoms with Gasteiger partial charge in [-0.25, -0.2) is 4.98 Å². The molecule has 0 fully saturated rings. The summed E-state index contributed by atoms with van der Waals surface area (Å²) in [6, 6.07) is 12.5. The third-order valence-electron chi connectivity index (χ3n) is 4.66. The molecule has 2 aromatic carbocycles. The summed E-state index contributed by atoms with van der Waals surface area (Å²) in [4.78, 5) is 17.1. The van der Waals surface area contributed by atoms with Gasteiger partial charge in [0.25, 0.3) is 0 Å². The molecule has 7 nitrogen and oxygen atoms in total. The van der Waals surface area contributed by atoms with E-state index in [2.05, 4.69) is 20.5 Å². The number of aromatic nitrogens is 4. The predicted molar refractivity (Wildman–Crippen MR) is 124 cm³/mol. The molecular weight excluding hydrogens is 455 g/mol. The monoisotopic (exact) mass is 472 g/mol. The SMILES string of the molecule is Cc1cc(-n2c(SCC(=O)Nc3ccccc3Cl)nc3n[nH]c(C)c3c2=N)ccc1Cl. The zero-order valence-corrected chi connectivity index (χ0v) is 19.0. The largest absolute Gasteiger partial charge is 0.324 e. The number of nitrogens with one attached hydrogen (secondary N) is 3. The number of rotatable bonds is 5. The average molecular weight is 473 g/mol. The second-order valence-electron chi connectivity index (χ2n) is 6.88. The van der Waals surface area contributed by atoms with Gasteiger partial charge in [-0.05, 0) is 49.7 Å². The fraction of sp³-hybridized carbons (Fsp3) is 0.143. The smallest absolute Gasteiger partial charge is 0.234 e. The molecular formula is C21H18Cl2N6OS. The molecule has 0 radical (unpaired) electrons. The molecule has 10 heteroatoms. The quantitative estimate of drug-likeness (QED) is 0.284. The number of hydrogen-bond acceptors (Lipinski definition) is 5. The maximum Gasteiger partial charge on any atom is 0.234 e. The van der Waals surface area contributed by atoms with E-state index >= 15 is 0 Å². The van der Waals surface area contributed by atoms with Crippen LogP contribution >= 0.6 is 35.0 Å². The Morgan fingerprint density at radius 3 is 2.71 bits per heavy atom. The normalized spacial score (nSPS) is 11.1. The second kappa shape index (κ2) is 8.74. The molecule has 31 heavy (non-hydrogen) atoms. The number of halogens is 2. The van der Waals surface area contributed by atoms with Crippen LogP contribution in [0.15, 0.2) is 47.6 Å². The van der Waals surface area contributed by atoms with Crippen LogP contribution in [0.3, 0.4) is 0 Å². The Bertz CT molecular complexity index is 1360. The molecule has 2 heterocycles. The molecule has 0 saturated carbocycles. The van der Waals surface area contributed by atoms with E-state index in [0.29, 0.717) is 31.9 Å². The summed E-state index contributed by atoms with van der Waals surface area (Å²) in [6.07, 6.45) is 0. The fourth-order valence-electron chi connectivity index (χ4n) is 3.11. The molecule has 3 N–H and O–H groups in total. The Hall–Kier alpha value is -2.81. The van der Waals surface area contributed by atoms with Crippen molar-refractivity contribution in [3.8, 4) is 5.69 Å². The van der Waals surface area contributed by atoms with Crippen LogP contribution < -0.4 is 10.8 Å². The lowest BCUT2D eigenvalue weighted by Crippen LogP contribution is -2.23. The lowest BCUT2D eigenvalue weighted by atomic mass is 10.2. The molecule has 0 spiro atoms. The summed E-state index contributed by atoms with van der Waals surface area (Å²) in [5.74, 6) is -0.150. The third-order valence-corrected chi connectivity index (χ3v) is 6.35. The first kappa shape index (κ1) is 21.4. The Labute approximate surface area is 192 Å². The van der Waals surface area contributed by atoms with Crippen LogP contribution in [0.5, 0.6) is 0 Å². The van der Waals surface area contributed by atoms with Crippen LogP contribution in [0, 0.1) is 19.3 Å².